The second kappa shape index (κ2) is 6.05. The van der Waals surface area contributed by atoms with Crippen LogP contribution < -0.4 is 0 Å². The maximum Gasteiger partial charge on any atom is 0.303 e. The molecule has 2 unspecified atom stereocenters. The maximum absolute atomic E-state index is 10.3. The van der Waals surface area contributed by atoms with Gasteiger partial charge < -0.3 is 19.5 Å². The first-order valence-electron chi connectivity index (χ1n) is 5.21. The molecule has 5 nitrogen and oxygen atoms in total. The van der Waals surface area contributed by atoms with Gasteiger partial charge in [-0.3, -0.25) is 4.79 Å². The van der Waals surface area contributed by atoms with Gasteiger partial charge >= 0.3 is 5.97 Å². The van der Waals surface area contributed by atoms with Crippen LogP contribution in [0, 0.1) is 0 Å². The van der Waals surface area contributed by atoms with E-state index < -0.39 is 5.97 Å². The normalized spacial score (nSPS) is 26.1. The summed E-state index contributed by atoms with van der Waals surface area (Å²) in [6.45, 7) is 1.43. The number of carboxylic acids is 1. The van der Waals surface area contributed by atoms with Crippen LogP contribution in [0.3, 0.4) is 0 Å². The molecule has 0 spiro atoms. The minimum Gasteiger partial charge on any atom is -0.481 e. The van der Waals surface area contributed by atoms with E-state index in [4.69, 9.17) is 14.6 Å². The summed E-state index contributed by atoms with van der Waals surface area (Å²) >= 11 is 0. The van der Waals surface area contributed by atoms with E-state index in [1.165, 1.54) is 0 Å². The van der Waals surface area contributed by atoms with Crippen molar-refractivity contribution in [1.82, 2.24) is 4.90 Å². The van der Waals surface area contributed by atoms with Gasteiger partial charge in [0.15, 0.2) is 6.29 Å². The molecule has 1 N–H and O–H groups in total. The van der Waals surface area contributed by atoms with Crippen molar-refractivity contribution in [3.8, 4) is 0 Å². The van der Waals surface area contributed by atoms with E-state index in [0.717, 1.165) is 13.0 Å². The smallest absolute Gasteiger partial charge is 0.303 e. The van der Waals surface area contributed by atoms with E-state index in [1.54, 1.807) is 0 Å². The van der Waals surface area contributed by atoms with Gasteiger partial charge in [0.05, 0.1) is 12.7 Å². The first-order chi connectivity index (χ1) is 7.08. The maximum atomic E-state index is 10.3. The van der Waals surface area contributed by atoms with Crippen molar-refractivity contribution in [2.75, 3.05) is 27.2 Å². The molecule has 0 aromatic heterocycles. The average Bonchev–Trinajstić information content (AvgIpc) is 2.59. The average molecular weight is 217 g/mol. The van der Waals surface area contributed by atoms with Crippen molar-refractivity contribution in [2.45, 2.75) is 31.7 Å². The van der Waals surface area contributed by atoms with Crippen LogP contribution in [0.2, 0.25) is 0 Å². The number of hydrogen-bond acceptors (Lipinski definition) is 4. The Bertz CT molecular complexity index is 208. The molecular weight excluding hydrogens is 198 g/mol. The lowest BCUT2D eigenvalue weighted by molar-refractivity contribution is -0.138. The van der Waals surface area contributed by atoms with Crippen LogP contribution in [0.25, 0.3) is 0 Å². The zero-order valence-electron chi connectivity index (χ0n) is 9.31. The Morgan fingerprint density at radius 3 is 2.80 bits per heavy atom. The van der Waals surface area contributed by atoms with Gasteiger partial charge in [-0.25, -0.2) is 0 Å². The molecule has 0 saturated carbocycles. The standard InChI is InChI=1S/C10H19NO4/c1-11(2)6-5-10-14-7-8(15-10)3-4-9(12)13/h8,10H,3-7H2,1-2H3,(H,12,13). The molecule has 1 aliphatic heterocycles. The molecule has 1 fully saturated rings. The molecule has 0 aliphatic carbocycles. The van der Waals surface area contributed by atoms with Crippen molar-refractivity contribution >= 4 is 5.97 Å². The Morgan fingerprint density at radius 1 is 1.47 bits per heavy atom. The highest BCUT2D eigenvalue weighted by atomic mass is 16.7. The molecule has 0 amide bonds. The van der Waals surface area contributed by atoms with Crippen LogP contribution in [0.4, 0.5) is 0 Å². The lowest BCUT2D eigenvalue weighted by Crippen LogP contribution is -2.20. The fourth-order valence-electron chi connectivity index (χ4n) is 1.46. The third-order valence-electron chi connectivity index (χ3n) is 2.30. The fourth-order valence-corrected chi connectivity index (χ4v) is 1.46. The van der Waals surface area contributed by atoms with Crippen LogP contribution in [-0.2, 0) is 14.3 Å². The quantitative estimate of drug-likeness (QED) is 0.704. The molecular formula is C10H19NO4. The summed E-state index contributed by atoms with van der Waals surface area (Å²) in [7, 11) is 3.99. The third kappa shape index (κ3) is 5.11. The van der Waals surface area contributed by atoms with Crippen molar-refractivity contribution in [1.29, 1.82) is 0 Å². The van der Waals surface area contributed by atoms with Crippen molar-refractivity contribution < 1.29 is 19.4 Å². The van der Waals surface area contributed by atoms with Crippen LogP contribution in [0.1, 0.15) is 19.3 Å². The molecule has 1 saturated heterocycles. The molecule has 5 heteroatoms. The Balaban J connectivity index is 2.12. The molecule has 15 heavy (non-hydrogen) atoms. The van der Waals surface area contributed by atoms with E-state index in [9.17, 15) is 4.79 Å². The SMILES string of the molecule is CN(C)CCC1OCC(CCC(=O)O)O1. The number of aliphatic carboxylic acids is 1. The number of nitrogens with zero attached hydrogens (tertiary/aromatic N) is 1. The number of carbonyl (C=O) groups is 1. The lowest BCUT2D eigenvalue weighted by Gasteiger charge is -2.14. The monoisotopic (exact) mass is 217 g/mol. The highest BCUT2D eigenvalue weighted by molar-refractivity contribution is 5.66. The number of ether oxygens (including phenoxy) is 2. The summed E-state index contributed by atoms with van der Waals surface area (Å²) in [5.74, 6) is -0.782. The van der Waals surface area contributed by atoms with E-state index >= 15 is 0 Å². The number of carboxylic acid groups (broad SMARTS) is 1. The highest BCUT2D eigenvalue weighted by Crippen LogP contribution is 2.18. The molecule has 1 rings (SSSR count). The zero-order chi connectivity index (χ0) is 11.3. The molecule has 0 bridgehead atoms. The Morgan fingerprint density at radius 2 is 2.20 bits per heavy atom. The van der Waals surface area contributed by atoms with Crippen LogP contribution in [-0.4, -0.2) is 55.6 Å². The fraction of sp³-hybridized carbons (Fsp3) is 0.900. The van der Waals surface area contributed by atoms with Crippen LogP contribution >= 0.6 is 0 Å². The van der Waals surface area contributed by atoms with E-state index in [-0.39, 0.29) is 18.8 Å². The second-order valence-electron chi connectivity index (χ2n) is 4.05. The predicted octanol–water partition coefficient (Wildman–Crippen LogP) is 0.544. The Labute approximate surface area is 90.0 Å². The lowest BCUT2D eigenvalue weighted by atomic mass is 10.2. The van der Waals surface area contributed by atoms with Crippen LogP contribution in [0.5, 0.6) is 0 Å². The van der Waals surface area contributed by atoms with Gasteiger partial charge in [0.2, 0.25) is 0 Å². The van der Waals surface area contributed by atoms with Crippen molar-refractivity contribution in [2.24, 2.45) is 0 Å². The molecule has 88 valence electrons. The summed E-state index contributed by atoms with van der Waals surface area (Å²) in [5.41, 5.74) is 0. The Hall–Kier alpha value is -0.650. The number of hydrogen-bond donors (Lipinski definition) is 1. The topological polar surface area (TPSA) is 59.0 Å². The summed E-state index contributed by atoms with van der Waals surface area (Å²) in [5, 5.41) is 8.51. The second-order valence-corrected chi connectivity index (χ2v) is 4.05. The van der Waals surface area contributed by atoms with Gasteiger partial charge in [0, 0.05) is 19.4 Å². The van der Waals surface area contributed by atoms with Crippen molar-refractivity contribution in [3.63, 3.8) is 0 Å². The Kier molecular flexibility index (Phi) is 5.01. The van der Waals surface area contributed by atoms with E-state index in [1.807, 2.05) is 14.1 Å². The van der Waals surface area contributed by atoms with Gasteiger partial charge in [0.1, 0.15) is 0 Å². The van der Waals surface area contributed by atoms with Gasteiger partial charge in [-0.2, -0.15) is 0 Å². The van der Waals surface area contributed by atoms with E-state index in [2.05, 4.69) is 4.90 Å². The molecule has 1 heterocycles. The first kappa shape index (κ1) is 12.4. The summed E-state index contributed by atoms with van der Waals surface area (Å²) in [6.07, 6.45) is 1.30. The third-order valence-corrected chi connectivity index (χ3v) is 2.30. The van der Waals surface area contributed by atoms with E-state index in [0.29, 0.717) is 13.0 Å². The summed E-state index contributed by atoms with van der Waals surface area (Å²) in [6, 6.07) is 0. The molecule has 0 aromatic carbocycles. The van der Waals surface area contributed by atoms with Crippen LogP contribution in [0.15, 0.2) is 0 Å². The van der Waals surface area contributed by atoms with Gasteiger partial charge in [-0.15, -0.1) is 0 Å². The molecule has 2 atom stereocenters. The molecule has 0 aromatic rings. The van der Waals surface area contributed by atoms with Crippen molar-refractivity contribution in [3.05, 3.63) is 0 Å². The molecule has 1 aliphatic rings. The number of rotatable bonds is 6. The largest absolute Gasteiger partial charge is 0.481 e. The van der Waals surface area contributed by atoms with Gasteiger partial charge in [-0.1, -0.05) is 0 Å². The van der Waals surface area contributed by atoms with Gasteiger partial charge in [0.25, 0.3) is 0 Å². The zero-order valence-corrected chi connectivity index (χ0v) is 9.31. The highest BCUT2D eigenvalue weighted by Gasteiger charge is 2.25. The summed E-state index contributed by atoms with van der Waals surface area (Å²) < 4.78 is 11.0. The van der Waals surface area contributed by atoms with Gasteiger partial charge in [-0.05, 0) is 20.5 Å². The first-order valence-corrected chi connectivity index (χ1v) is 5.21. The molecule has 0 radical (unpaired) electrons. The predicted molar refractivity (Wildman–Crippen MR) is 54.7 cm³/mol. The minimum atomic E-state index is -0.782. The summed E-state index contributed by atoms with van der Waals surface area (Å²) in [4.78, 5) is 12.4. The minimum absolute atomic E-state index is 0.0479.